The highest BCUT2D eigenvalue weighted by atomic mass is 32.2. The van der Waals surface area contributed by atoms with E-state index < -0.39 is 12.2 Å². The first kappa shape index (κ1) is 17.7. The van der Waals surface area contributed by atoms with Crippen molar-refractivity contribution in [2.24, 2.45) is 0 Å². The van der Waals surface area contributed by atoms with Gasteiger partial charge in [0, 0.05) is 37.5 Å². The Kier molecular flexibility index (Phi) is 5.87. The number of halogens is 3. The van der Waals surface area contributed by atoms with Crippen molar-refractivity contribution in [2.75, 3.05) is 32.4 Å². The molecule has 3 unspecified atom stereocenters. The summed E-state index contributed by atoms with van der Waals surface area (Å²) in [6.07, 6.45) is 0.959. The molecule has 2 fully saturated rings. The van der Waals surface area contributed by atoms with Crippen LogP contribution in [0.5, 0.6) is 0 Å². The van der Waals surface area contributed by atoms with Crippen molar-refractivity contribution in [3.63, 3.8) is 0 Å². The number of urea groups is 1. The number of hydrogen-bond acceptors (Lipinski definition) is 3. The summed E-state index contributed by atoms with van der Waals surface area (Å²) in [6, 6.07) is -1.38. The van der Waals surface area contributed by atoms with Gasteiger partial charge in [0.1, 0.15) is 6.04 Å². The highest BCUT2D eigenvalue weighted by Crippen LogP contribution is 2.28. The summed E-state index contributed by atoms with van der Waals surface area (Å²) in [6.45, 7) is 2.42. The van der Waals surface area contributed by atoms with Crippen LogP contribution in [-0.2, 0) is 0 Å². The highest BCUT2D eigenvalue weighted by molar-refractivity contribution is 7.99. The highest BCUT2D eigenvalue weighted by Gasteiger charge is 2.41. The van der Waals surface area contributed by atoms with Gasteiger partial charge < -0.3 is 10.2 Å². The van der Waals surface area contributed by atoms with Crippen LogP contribution in [0.4, 0.5) is 18.0 Å². The third-order valence-electron chi connectivity index (χ3n) is 4.67. The Balaban J connectivity index is 1.76. The van der Waals surface area contributed by atoms with E-state index >= 15 is 0 Å². The maximum atomic E-state index is 12.7. The molecular weight excluding hydrogens is 315 g/mol. The van der Waals surface area contributed by atoms with Crippen LogP contribution in [0.1, 0.15) is 26.2 Å². The third-order valence-corrected chi connectivity index (χ3v) is 5.76. The summed E-state index contributed by atoms with van der Waals surface area (Å²) >= 11 is 1.83. The summed E-state index contributed by atoms with van der Waals surface area (Å²) in [7, 11) is 0. The first-order valence-electron chi connectivity index (χ1n) is 7.70. The Morgan fingerprint density at radius 2 is 1.86 bits per heavy atom. The summed E-state index contributed by atoms with van der Waals surface area (Å²) in [5, 5.41) is 3.63. The molecule has 2 amide bonds. The molecule has 0 aromatic heterocycles. The summed E-state index contributed by atoms with van der Waals surface area (Å²) < 4.78 is 38.1. The van der Waals surface area contributed by atoms with Crippen LogP contribution in [0.15, 0.2) is 0 Å². The standard InChI is InChI=1S/C14H24F3N3OS/c1-10(14(15,16)17)19-5-7-20(8-6-19)13(21)18-11-3-4-12(9-11)22-2/h10-12H,3-9H2,1-2H3,(H,18,21). The van der Waals surface area contributed by atoms with Gasteiger partial charge in [0.25, 0.3) is 0 Å². The molecule has 1 N–H and O–H groups in total. The maximum absolute atomic E-state index is 12.7. The molecular formula is C14H24F3N3OS. The molecule has 3 atom stereocenters. The fraction of sp³-hybridized carbons (Fsp3) is 0.929. The normalized spacial score (nSPS) is 28.7. The average Bonchev–Trinajstić information content (AvgIpc) is 2.93. The molecule has 128 valence electrons. The molecule has 22 heavy (non-hydrogen) atoms. The fourth-order valence-corrected chi connectivity index (χ4v) is 3.87. The molecule has 1 aliphatic heterocycles. The molecule has 2 rings (SSSR count). The predicted molar refractivity (Wildman–Crippen MR) is 82.1 cm³/mol. The second kappa shape index (κ2) is 7.29. The lowest BCUT2D eigenvalue weighted by Gasteiger charge is -2.38. The van der Waals surface area contributed by atoms with Crippen LogP contribution in [0.25, 0.3) is 0 Å². The van der Waals surface area contributed by atoms with Gasteiger partial charge in [0.2, 0.25) is 0 Å². The number of alkyl halides is 3. The van der Waals surface area contributed by atoms with Gasteiger partial charge in [-0.1, -0.05) is 0 Å². The molecule has 1 saturated heterocycles. The lowest BCUT2D eigenvalue weighted by molar-refractivity contribution is -0.181. The van der Waals surface area contributed by atoms with E-state index in [-0.39, 0.29) is 25.2 Å². The first-order valence-corrected chi connectivity index (χ1v) is 8.99. The molecule has 0 aromatic carbocycles. The van der Waals surface area contributed by atoms with E-state index in [4.69, 9.17) is 0 Å². The number of nitrogens with one attached hydrogen (secondary N) is 1. The number of piperazine rings is 1. The number of hydrogen-bond donors (Lipinski definition) is 1. The Bertz CT molecular complexity index is 386. The molecule has 0 aromatic rings. The molecule has 1 aliphatic carbocycles. The summed E-state index contributed by atoms with van der Waals surface area (Å²) in [5.74, 6) is 0. The molecule has 1 heterocycles. The number of carbonyl (C=O) groups is 1. The first-order chi connectivity index (χ1) is 10.3. The Morgan fingerprint density at radius 3 is 2.36 bits per heavy atom. The maximum Gasteiger partial charge on any atom is 0.403 e. The van der Waals surface area contributed by atoms with Crippen LogP contribution >= 0.6 is 11.8 Å². The van der Waals surface area contributed by atoms with Gasteiger partial charge in [-0.2, -0.15) is 24.9 Å². The molecule has 1 saturated carbocycles. The monoisotopic (exact) mass is 339 g/mol. The average molecular weight is 339 g/mol. The van der Waals surface area contributed by atoms with E-state index in [1.165, 1.54) is 11.8 Å². The molecule has 0 bridgehead atoms. The van der Waals surface area contributed by atoms with Crippen molar-refractivity contribution >= 4 is 17.8 Å². The topological polar surface area (TPSA) is 35.6 Å². The zero-order valence-corrected chi connectivity index (χ0v) is 13.8. The van der Waals surface area contributed by atoms with Crippen molar-refractivity contribution in [3.05, 3.63) is 0 Å². The van der Waals surface area contributed by atoms with Gasteiger partial charge in [-0.15, -0.1) is 0 Å². The number of rotatable bonds is 3. The van der Waals surface area contributed by atoms with Crippen LogP contribution in [0, 0.1) is 0 Å². The Hall–Kier alpha value is -0.630. The zero-order chi connectivity index (χ0) is 16.3. The lowest BCUT2D eigenvalue weighted by Crippen LogP contribution is -2.57. The summed E-state index contributed by atoms with van der Waals surface area (Å²) in [5.41, 5.74) is 0. The minimum Gasteiger partial charge on any atom is -0.335 e. The lowest BCUT2D eigenvalue weighted by atomic mass is 10.2. The summed E-state index contributed by atoms with van der Waals surface area (Å²) in [4.78, 5) is 15.2. The molecule has 2 aliphatic rings. The Labute approximate surface area is 133 Å². The Morgan fingerprint density at radius 1 is 1.23 bits per heavy atom. The van der Waals surface area contributed by atoms with Gasteiger partial charge in [-0.3, -0.25) is 4.90 Å². The zero-order valence-electron chi connectivity index (χ0n) is 13.0. The second-order valence-corrected chi connectivity index (χ2v) is 7.20. The van der Waals surface area contributed by atoms with Crippen LogP contribution in [0.2, 0.25) is 0 Å². The third kappa shape index (κ3) is 4.44. The quantitative estimate of drug-likeness (QED) is 0.858. The number of thioether (sulfide) groups is 1. The smallest absolute Gasteiger partial charge is 0.335 e. The van der Waals surface area contributed by atoms with E-state index in [0.29, 0.717) is 18.3 Å². The molecule has 8 heteroatoms. The molecule has 0 radical (unpaired) electrons. The van der Waals surface area contributed by atoms with Crippen molar-refractivity contribution in [1.29, 1.82) is 0 Å². The molecule has 4 nitrogen and oxygen atoms in total. The number of carbonyl (C=O) groups excluding carboxylic acids is 1. The van der Waals surface area contributed by atoms with E-state index in [2.05, 4.69) is 11.6 Å². The van der Waals surface area contributed by atoms with E-state index in [1.54, 1.807) is 4.90 Å². The van der Waals surface area contributed by atoms with Crippen molar-refractivity contribution in [2.45, 2.75) is 49.7 Å². The van der Waals surface area contributed by atoms with Crippen molar-refractivity contribution in [3.8, 4) is 0 Å². The SMILES string of the molecule is CSC1CCC(NC(=O)N2CCN(C(C)C(F)(F)F)CC2)C1. The van der Waals surface area contributed by atoms with Crippen LogP contribution in [-0.4, -0.2) is 71.8 Å². The molecule has 0 spiro atoms. The van der Waals surface area contributed by atoms with Crippen LogP contribution in [0.3, 0.4) is 0 Å². The van der Waals surface area contributed by atoms with Gasteiger partial charge in [0.05, 0.1) is 0 Å². The minimum atomic E-state index is -4.21. The van der Waals surface area contributed by atoms with Gasteiger partial charge in [0.15, 0.2) is 0 Å². The second-order valence-electron chi connectivity index (χ2n) is 6.06. The number of amides is 2. The van der Waals surface area contributed by atoms with E-state index in [0.717, 1.165) is 19.3 Å². The number of nitrogens with zero attached hydrogens (tertiary/aromatic N) is 2. The van der Waals surface area contributed by atoms with Crippen LogP contribution < -0.4 is 5.32 Å². The van der Waals surface area contributed by atoms with Gasteiger partial charge in [-0.25, -0.2) is 4.79 Å². The predicted octanol–water partition coefficient (Wildman–Crippen LogP) is 2.55. The van der Waals surface area contributed by atoms with Gasteiger partial charge in [-0.05, 0) is 32.4 Å². The minimum absolute atomic E-state index is 0.133. The van der Waals surface area contributed by atoms with E-state index in [9.17, 15) is 18.0 Å². The van der Waals surface area contributed by atoms with Crippen molar-refractivity contribution < 1.29 is 18.0 Å². The van der Waals surface area contributed by atoms with Gasteiger partial charge >= 0.3 is 12.2 Å². The van der Waals surface area contributed by atoms with E-state index in [1.807, 2.05) is 11.8 Å². The van der Waals surface area contributed by atoms with Crippen molar-refractivity contribution in [1.82, 2.24) is 15.1 Å². The fourth-order valence-electron chi connectivity index (χ4n) is 3.07. The largest absolute Gasteiger partial charge is 0.403 e.